The van der Waals surface area contributed by atoms with Crippen molar-refractivity contribution in [2.75, 3.05) is 26.1 Å². The molecule has 4 heterocycles. The molecular formula is C27H32N4O4. The van der Waals surface area contributed by atoms with Crippen molar-refractivity contribution in [3.63, 3.8) is 0 Å². The van der Waals surface area contributed by atoms with Gasteiger partial charge in [0.15, 0.2) is 22.9 Å². The Morgan fingerprint density at radius 3 is 2.63 bits per heavy atom. The van der Waals surface area contributed by atoms with E-state index in [0.717, 1.165) is 46.3 Å². The first-order valence-electron chi connectivity index (χ1n) is 12.0. The summed E-state index contributed by atoms with van der Waals surface area (Å²) < 4.78 is 23.2. The molecule has 0 amide bonds. The normalized spacial score (nSPS) is 14.9. The van der Waals surface area contributed by atoms with Crippen molar-refractivity contribution < 1.29 is 18.6 Å². The van der Waals surface area contributed by atoms with Crippen molar-refractivity contribution in [1.29, 1.82) is 0 Å². The SMILES string of the molecule is COc1ccc(CCNc2ncnc3c2oc2nc(C(C)C)c4c(c23)CC(C)(C)OC4)cc1OC. The molecule has 3 aromatic heterocycles. The second-order valence-corrected chi connectivity index (χ2v) is 9.88. The van der Waals surface area contributed by atoms with Crippen LogP contribution in [0.2, 0.25) is 0 Å². The van der Waals surface area contributed by atoms with Gasteiger partial charge in [-0.05, 0) is 49.4 Å². The highest BCUT2D eigenvalue weighted by molar-refractivity contribution is 6.06. The van der Waals surface area contributed by atoms with Gasteiger partial charge in [-0.1, -0.05) is 19.9 Å². The first-order valence-corrected chi connectivity index (χ1v) is 12.0. The number of benzene rings is 1. The maximum atomic E-state index is 6.30. The molecule has 1 N–H and O–H groups in total. The van der Waals surface area contributed by atoms with Crippen LogP contribution in [0, 0.1) is 0 Å². The van der Waals surface area contributed by atoms with Crippen LogP contribution in [-0.4, -0.2) is 41.3 Å². The van der Waals surface area contributed by atoms with Gasteiger partial charge in [-0.15, -0.1) is 0 Å². The van der Waals surface area contributed by atoms with E-state index >= 15 is 0 Å². The van der Waals surface area contributed by atoms with E-state index in [4.69, 9.17) is 23.6 Å². The smallest absolute Gasteiger partial charge is 0.229 e. The number of pyridine rings is 1. The van der Waals surface area contributed by atoms with Gasteiger partial charge in [0.25, 0.3) is 0 Å². The maximum absolute atomic E-state index is 6.30. The zero-order chi connectivity index (χ0) is 24.7. The predicted molar refractivity (Wildman–Crippen MR) is 136 cm³/mol. The second kappa shape index (κ2) is 9.00. The van der Waals surface area contributed by atoms with Gasteiger partial charge in [0, 0.05) is 18.5 Å². The Morgan fingerprint density at radius 2 is 1.89 bits per heavy atom. The standard InChI is InChI=1S/C27H32N4O4/c1-15(2)22-18-13-34-27(3,4)12-17(18)21-23-24(35-26(21)31-22)25(30-14-29-23)28-10-9-16-7-8-19(32-5)20(11-16)33-6/h7-8,11,14-15H,9-10,12-13H2,1-6H3,(H,28,29,30). The number of nitrogens with one attached hydrogen (secondary N) is 1. The molecule has 8 heteroatoms. The van der Waals surface area contributed by atoms with Crippen LogP contribution in [-0.2, 0) is 24.2 Å². The molecule has 184 valence electrons. The summed E-state index contributed by atoms with van der Waals surface area (Å²) in [5.41, 5.74) is 6.33. The molecule has 1 aliphatic rings. The van der Waals surface area contributed by atoms with Gasteiger partial charge in [0.05, 0.1) is 37.5 Å². The predicted octanol–water partition coefficient (Wildman–Crippen LogP) is 5.42. The minimum absolute atomic E-state index is 0.257. The average molecular weight is 477 g/mol. The fraction of sp³-hybridized carbons (Fsp3) is 0.444. The fourth-order valence-electron chi connectivity index (χ4n) is 4.80. The summed E-state index contributed by atoms with van der Waals surface area (Å²) in [6.07, 6.45) is 3.15. The number of hydrogen-bond donors (Lipinski definition) is 1. The van der Waals surface area contributed by atoms with Crippen molar-refractivity contribution in [1.82, 2.24) is 15.0 Å². The molecule has 0 bridgehead atoms. The third kappa shape index (κ3) is 4.27. The minimum atomic E-state index is -0.257. The molecule has 0 aliphatic carbocycles. The van der Waals surface area contributed by atoms with Crippen LogP contribution in [0.1, 0.15) is 56.0 Å². The largest absolute Gasteiger partial charge is 0.493 e. The van der Waals surface area contributed by atoms with E-state index in [1.807, 2.05) is 18.2 Å². The monoisotopic (exact) mass is 476 g/mol. The molecule has 0 fully saturated rings. The molecule has 35 heavy (non-hydrogen) atoms. The topological polar surface area (TPSA) is 91.5 Å². The third-order valence-electron chi connectivity index (χ3n) is 6.56. The Hall–Kier alpha value is -3.39. The summed E-state index contributed by atoms with van der Waals surface area (Å²) in [6, 6.07) is 5.95. The molecule has 1 aromatic carbocycles. The van der Waals surface area contributed by atoms with Crippen molar-refractivity contribution in [2.24, 2.45) is 0 Å². The van der Waals surface area contributed by atoms with Gasteiger partial charge in [-0.25, -0.2) is 15.0 Å². The Labute approximate surface area is 205 Å². The third-order valence-corrected chi connectivity index (χ3v) is 6.56. The average Bonchev–Trinajstić information content (AvgIpc) is 3.22. The first kappa shape index (κ1) is 23.4. The van der Waals surface area contributed by atoms with Crippen LogP contribution in [0.4, 0.5) is 5.82 Å². The highest BCUT2D eigenvalue weighted by Crippen LogP contribution is 2.40. The van der Waals surface area contributed by atoms with Gasteiger partial charge >= 0.3 is 0 Å². The number of fused-ring (bicyclic) bond motifs is 5. The van der Waals surface area contributed by atoms with Gasteiger partial charge in [0.2, 0.25) is 5.71 Å². The number of aromatic nitrogens is 3. The molecule has 5 rings (SSSR count). The van der Waals surface area contributed by atoms with E-state index in [1.165, 1.54) is 5.56 Å². The summed E-state index contributed by atoms with van der Waals surface area (Å²) in [5.74, 6) is 2.36. The molecule has 0 saturated carbocycles. The van der Waals surface area contributed by atoms with Gasteiger partial charge < -0.3 is 23.9 Å². The lowest BCUT2D eigenvalue weighted by molar-refractivity contribution is -0.0402. The Kier molecular flexibility index (Phi) is 6.01. The van der Waals surface area contributed by atoms with Crippen LogP contribution in [0.25, 0.3) is 22.2 Å². The number of furan rings is 1. The second-order valence-electron chi connectivity index (χ2n) is 9.88. The zero-order valence-corrected chi connectivity index (χ0v) is 21.2. The van der Waals surface area contributed by atoms with Gasteiger partial charge in [-0.2, -0.15) is 0 Å². The lowest BCUT2D eigenvalue weighted by Crippen LogP contribution is -2.33. The molecule has 0 unspecified atom stereocenters. The van der Waals surface area contributed by atoms with Crippen molar-refractivity contribution in [3.8, 4) is 11.5 Å². The summed E-state index contributed by atoms with van der Waals surface area (Å²) in [5, 5.41) is 4.40. The van der Waals surface area contributed by atoms with Crippen LogP contribution in [0.3, 0.4) is 0 Å². The van der Waals surface area contributed by atoms with Gasteiger partial charge in [-0.3, -0.25) is 0 Å². The van der Waals surface area contributed by atoms with E-state index in [0.29, 0.717) is 36.0 Å². The summed E-state index contributed by atoms with van der Waals surface area (Å²) in [7, 11) is 3.28. The van der Waals surface area contributed by atoms with E-state index < -0.39 is 0 Å². The maximum Gasteiger partial charge on any atom is 0.229 e. The molecular weight excluding hydrogens is 444 g/mol. The summed E-state index contributed by atoms with van der Waals surface area (Å²) in [6.45, 7) is 9.76. The Morgan fingerprint density at radius 1 is 1.09 bits per heavy atom. The lowest BCUT2D eigenvalue weighted by Gasteiger charge is -2.33. The number of rotatable bonds is 7. The van der Waals surface area contributed by atoms with Crippen LogP contribution < -0.4 is 14.8 Å². The van der Waals surface area contributed by atoms with E-state index in [9.17, 15) is 0 Å². The molecule has 0 atom stereocenters. The molecule has 8 nitrogen and oxygen atoms in total. The minimum Gasteiger partial charge on any atom is -0.493 e. The van der Waals surface area contributed by atoms with Crippen LogP contribution in [0.5, 0.6) is 11.5 Å². The molecule has 1 aliphatic heterocycles. The Balaban J connectivity index is 1.50. The van der Waals surface area contributed by atoms with Crippen molar-refractivity contribution >= 4 is 28.0 Å². The van der Waals surface area contributed by atoms with Gasteiger partial charge in [0.1, 0.15) is 11.8 Å². The van der Waals surface area contributed by atoms with E-state index in [2.05, 4.69) is 43.0 Å². The quantitative estimate of drug-likeness (QED) is 0.378. The zero-order valence-electron chi connectivity index (χ0n) is 21.2. The molecule has 0 radical (unpaired) electrons. The lowest BCUT2D eigenvalue weighted by atomic mass is 9.87. The first-order chi connectivity index (χ1) is 16.8. The number of ether oxygens (including phenoxy) is 3. The number of anilines is 1. The summed E-state index contributed by atoms with van der Waals surface area (Å²) >= 11 is 0. The van der Waals surface area contributed by atoms with E-state index in [-0.39, 0.29) is 11.5 Å². The number of nitrogens with zero attached hydrogens (tertiary/aromatic N) is 3. The van der Waals surface area contributed by atoms with Crippen LogP contribution >= 0.6 is 0 Å². The highest BCUT2D eigenvalue weighted by Gasteiger charge is 2.32. The fourth-order valence-corrected chi connectivity index (χ4v) is 4.80. The number of methoxy groups -OCH3 is 2. The highest BCUT2D eigenvalue weighted by atomic mass is 16.5. The van der Waals surface area contributed by atoms with E-state index in [1.54, 1.807) is 20.5 Å². The number of hydrogen-bond acceptors (Lipinski definition) is 8. The Bertz CT molecular complexity index is 1390. The van der Waals surface area contributed by atoms with Crippen molar-refractivity contribution in [2.45, 2.75) is 58.7 Å². The van der Waals surface area contributed by atoms with Crippen molar-refractivity contribution in [3.05, 3.63) is 46.9 Å². The molecule has 4 aromatic rings. The summed E-state index contributed by atoms with van der Waals surface area (Å²) in [4.78, 5) is 14.0. The van der Waals surface area contributed by atoms with Crippen LogP contribution in [0.15, 0.2) is 28.9 Å². The molecule has 0 saturated heterocycles. The molecule has 0 spiro atoms.